The lowest BCUT2D eigenvalue weighted by molar-refractivity contribution is -0.143. The van der Waals surface area contributed by atoms with Crippen LogP contribution in [0.25, 0.3) is 10.2 Å². The van der Waals surface area contributed by atoms with Crippen molar-refractivity contribution >= 4 is 27.5 Å². The third kappa shape index (κ3) is 2.25. The molecule has 1 fully saturated rings. The number of hydrogen-bond acceptors (Lipinski definition) is 3. The average Bonchev–Trinajstić information content (AvgIpc) is 2.84. The zero-order valence-electron chi connectivity index (χ0n) is 10.9. The minimum atomic E-state index is -0.666. The number of nitrogens with zero attached hydrogens (tertiary/aromatic N) is 1. The number of carbonyl (C=O) groups is 1. The van der Waals surface area contributed by atoms with Gasteiger partial charge >= 0.3 is 5.97 Å². The van der Waals surface area contributed by atoms with Crippen molar-refractivity contribution in [1.82, 2.24) is 4.98 Å². The predicted octanol–water partition coefficient (Wildman–Crippen LogP) is 3.96. The molecule has 0 bridgehead atoms. The lowest BCUT2D eigenvalue weighted by atomic mass is 9.79. The molecule has 0 aliphatic heterocycles. The average molecular weight is 275 g/mol. The second-order valence-electron chi connectivity index (χ2n) is 5.31. The molecule has 0 saturated heterocycles. The molecular formula is C15H17NO2S. The van der Waals surface area contributed by atoms with Gasteiger partial charge in [-0.05, 0) is 31.4 Å². The first kappa shape index (κ1) is 12.6. The topological polar surface area (TPSA) is 50.2 Å². The van der Waals surface area contributed by atoms with Crippen molar-refractivity contribution in [3.63, 3.8) is 0 Å². The molecule has 0 radical (unpaired) electrons. The molecule has 3 rings (SSSR count). The van der Waals surface area contributed by atoms with Crippen LogP contribution in [0.15, 0.2) is 18.2 Å². The first-order chi connectivity index (χ1) is 9.16. The maximum absolute atomic E-state index is 11.4. The minimum absolute atomic E-state index is 0.100. The Labute approximate surface area is 116 Å². The molecular weight excluding hydrogens is 258 g/mol. The number of benzene rings is 1. The Balaban J connectivity index is 2.02. The molecule has 100 valence electrons. The van der Waals surface area contributed by atoms with Gasteiger partial charge in [-0.3, -0.25) is 4.79 Å². The van der Waals surface area contributed by atoms with Gasteiger partial charge in [-0.1, -0.05) is 25.0 Å². The van der Waals surface area contributed by atoms with Gasteiger partial charge in [-0.2, -0.15) is 0 Å². The van der Waals surface area contributed by atoms with E-state index in [0.717, 1.165) is 36.2 Å². The van der Waals surface area contributed by atoms with E-state index in [4.69, 9.17) is 4.98 Å². The molecule has 1 aromatic heterocycles. The van der Waals surface area contributed by atoms with E-state index in [2.05, 4.69) is 19.1 Å². The van der Waals surface area contributed by atoms with Gasteiger partial charge in [0.2, 0.25) is 0 Å². The van der Waals surface area contributed by atoms with Crippen molar-refractivity contribution in [2.45, 2.75) is 38.5 Å². The van der Waals surface area contributed by atoms with Crippen molar-refractivity contribution in [3.05, 3.63) is 28.8 Å². The van der Waals surface area contributed by atoms with Crippen LogP contribution in [0.3, 0.4) is 0 Å². The second kappa shape index (κ2) is 4.93. The van der Waals surface area contributed by atoms with Crippen LogP contribution in [0.1, 0.15) is 42.2 Å². The van der Waals surface area contributed by atoms with E-state index >= 15 is 0 Å². The van der Waals surface area contributed by atoms with E-state index < -0.39 is 5.97 Å². The van der Waals surface area contributed by atoms with Gasteiger partial charge in [-0.15, -0.1) is 11.3 Å². The smallest absolute Gasteiger partial charge is 0.307 e. The third-order valence-electron chi connectivity index (χ3n) is 4.04. The van der Waals surface area contributed by atoms with E-state index in [9.17, 15) is 9.90 Å². The van der Waals surface area contributed by atoms with E-state index in [1.165, 1.54) is 10.3 Å². The zero-order chi connectivity index (χ0) is 13.4. The van der Waals surface area contributed by atoms with E-state index in [0.29, 0.717) is 0 Å². The summed E-state index contributed by atoms with van der Waals surface area (Å²) >= 11 is 1.66. The van der Waals surface area contributed by atoms with Gasteiger partial charge in [0.15, 0.2) is 0 Å². The number of carboxylic acids is 1. The zero-order valence-corrected chi connectivity index (χ0v) is 11.7. The summed E-state index contributed by atoms with van der Waals surface area (Å²) in [5.41, 5.74) is 2.21. The normalized spacial score (nSPS) is 23.6. The van der Waals surface area contributed by atoms with Crippen molar-refractivity contribution < 1.29 is 9.90 Å². The highest BCUT2D eigenvalue weighted by Gasteiger charge is 2.33. The molecule has 1 saturated carbocycles. The fraction of sp³-hybridized carbons (Fsp3) is 0.467. The van der Waals surface area contributed by atoms with Crippen molar-refractivity contribution in [3.8, 4) is 0 Å². The molecule has 1 aliphatic carbocycles. The van der Waals surface area contributed by atoms with Crippen LogP contribution in [0.2, 0.25) is 0 Å². The fourth-order valence-corrected chi connectivity index (χ4v) is 4.23. The molecule has 0 spiro atoms. The van der Waals surface area contributed by atoms with Crippen LogP contribution in [0, 0.1) is 12.8 Å². The molecule has 3 nitrogen and oxygen atoms in total. The molecule has 2 unspecified atom stereocenters. The van der Waals surface area contributed by atoms with Crippen LogP contribution in [-0.4, -0.2) is 16.1 Å². The Morgan fingerprint density at radius 3 is 2.89 bits per heavy atom. The number of aryl methyl sites for hydroxylation is 1. The first-order valence-corrected chi connectivity index (χ1v) is 7.57. The van der Waals surface area contributed by atoms with Crippen LogP contribution in [0.4, 0.5) is 0 Å². The Morgan fingerprint density at radius 1 is 1.37 bits per heavy atom. The van der Waals surface area contributed by atoms with Crippen molar-refractivity contribution in [2.24, 2.45) is 5.92 Å². The van der Waals surface area contributed by atoms with Crippen molar-refractivity contribution in [2.75, 3.05) is 0 Å². The summed E-state index contributed by atoms with van der Waals surface area (Å²) < 4.78 is 1.17. The molecule has 1 heterocycles. The summed E-state index contributed by atoms with van der Waals surface area (Å²) in [5, 5.41) is 10.4. The number of hydrogen-bond donors (Lipinski definition) is 1. The molecule has 1 N–H and O–H groups in total. The summed E-state index contributed by atoms with van der Waals surface area (Å²) in [4.78, 5) is 16.1. The predicted molar refractivity (Wildman–Crippen MR) is 76.7 cm³/mol. The summed E-state index contributed by atoms with van der Waals surface area (Å²) in [7, 11) is 0. The third-order valence-corrected chi connectivity index (χ3v) is 5.19. The summed E-state index contributed by atoms with van der Waals surface area (Å²) in [5.74, 6) is -0.821. The number of para-hydroxylation sites is 1. The largest absolute Gasteiger partial charge is 0.481 e. The molecule has 2 atom stereocenters. The first-order valence-electron chi connectivity index (χ1n) is 6.75. The number of aliphatic carboxylic acids is 1. The van der Waals surface area contributed by atoms with Crippen molar-refractivity contribution in [1.29, 1.82) is 0 Å². The quantitative estimate of drug-likeness (QED) is 0.902. The molecule has 1 aromatic carbocycles. The lowest BCUT2D eigenvalue weighted by Crippen LogP contribution is -2.25. The number of aromatic nitrogens is 1. The fourth-order valence-electron chi connectivity index (χ4n) is 2.98. The van der Waals surface area contributed by atoms with Gasteiger partial charge < -0.3 is 5.11 Å². The van der Waals surface area contributed by atoms with E-state index in [-0.39, 0.29) is 11.8 Å². The van der Waals surface area contributed by atoms with Gasteiger partial charge in [-0.25, -0.2) is 4.98 Å². The van der Waals surface area contributed by atoms with Crippen LogP contribution >= 0.6 is 11.3 Å². The Hall–Kier alpha value is -1.42. The van der Waals surface area contributed by atoms with Crippen LogP contribution in [-0.2, 0) is 4.79 Å². The van der Waals surface area contributed by atoms with E-state index in [1.54, 1.807) is 11.3 Å². The maximum atomic E-state index is 11.4. The molecule has 19 heavy (non-hydrogen) atoms. The van der Waals surface area contributed by atoms with Crippen LogP contribution in [0.5, 0.6) is 0 Å². The molecule has 1 aliphatic rings. The summed E-state index contributed by atoms with van der Waals surface area (Å²) in [6, 6.07) is 6.17. The van der Waals surface area contributed by atoms with Gasteiger partial charge in [0.05, 0.1) is 21.1 Å². The lowest BCUT2D eigenvalue weighted by Gasteiger charge is -2.26. The SMILES string of the molecule is Cc1cccc2sc(C3CCCCC3C(=O)O)nc12. The Morgan fingerprint density at radius 2 is 2.16 bits per heavy atom. The second-order valence-corrected chi connectivity index (χ2v) is 6.37. The Bertz CT molecular complexity index is 620. The monoisotopic (exact) mass is 275 g/mol. The minimum Gasteiger partial charge on any atom is -0.481 e. The number of carboxylic acid groups (broad SMARTS) is 1. The van der Waals surface area contributed by atoms with E-state index in [1.807, 2.05) is 6.07 Å². The van der Waals surface area contributed by atoms with Crippen LogP contribution < -0.4 is 0 Å². The molecule has 4 heteroatoms. The van der Waals surface area contributed by atoms with Gasteiger partial charge in [0.1, 0.15) is 0 Å². The summed E-state index contributed by atoms with van der Waals surface area (Å²) in [6.45, 7) is 2.06. The molecule has 2 aromatic rings. The van der Waals surface area contributed by atoms with Gasteiger partial charge in [0.25, 0.3) is 0 Å². The highest BCUT2D eigenvalue weighted by molar-refractivity contribution is 7.18. The number of rotatable bonds is 2. The number of thiazole rings is 1. The molecule has 0 amide bonds. The highest BCUT2D eigenvalue weighted by atomic mass is 32.1. The highest BCUT2D eigenvalue weighted by Crippen LogP contribution is 2.41. The standard InChI is InChI=1S/C15H17NO2S/c1-9-5-4-8-12-13(9)16-14(19-12)10-6-2-3-7-11(10)15(17)18/h4-5,8,10-11H,2-3,6-7H2,1H3,(H,17,18). The maximum Gasteiger partial charge on any atom is 0.307 e. The Kier molecular flexibility index (Phi) is 3.27. The van der Waals surface area contributed by atoms with Gasteiger partial charge in [0, 0.05) is 5.92 Å². The summed E-state index contributed by atoms with van der Waals surface area (Å²) in [6.07, 6.45) is 3.88. The number of fused-ring (bicyclic) bond motifs is 1.